The predicted molar refractivity (Wildman–Crippen MR) is 54.2 cm³/mol. The molecule has 0 atom stereocenters. The van der Waals surface area contributed by atoms with Crippen molar-refractivity contribution in [1.29, 1.82) is 0 Å². The van der Waals surface area contributed by atoms with E-state index in [0.717, 1.165) is 23.3 Å². The van der Waals surface area contributed by atoms with Crippen LogP contribution in [0.4, 0.5) is 0 Å². The number of carbonyl (C=O) groups excluding carboxylic acids is 1. The molecule has 0 spiro atoms. The van der Waals surface area contributed by atoms with E-state index in [2.05, 4.69) is 4.98 Å². The zero-order chi connectivity index (χ0) is 10.3. The molecule has 1 aromatic heterocycles. The first kappa shape index (κ1) is 8.65. The second kappa shape index (κ2) is 3.19. The number of ether oxygens (including phenoxy) is 1. The second-order valence-electron chi connectivity index (χ2n) is 3.92. The lowest BCUT2D eigenvalue weighted by Gasteiger charge is -2.25. The highest BCUT2D eigenvalue weighted by Crippen LogP contribution is 2.29. The first-order valence-electron chi connectivity index (χ1n) is 5.14. The molecule has 76 valence electrons. The Balaban J connectivity index is 2.04. The Morgan fingerprint density at radius 1 is 1.27 bits per heavy atom. The average molecular weight is 201 g/mol. The third kappa shape index (κ3) is 1.35. The van der Waals surface area contributed by atoms with Crippen molar-refractivity contribution < 1.29 is 9.53 Å². The summed E-state index contributed by atoms with van der Waals surface area (Å²) in [6, 6.07) is 2.00. The molecule has 3 heteroatoms. The smallest absolute Gasteiger partial charge is 0.165 e. The number of pyridine rings is 1. The van der Waals surface area contributed by atoms with Gasteiger partial charge >= 0.3 is 0 Å². The SMILES string of the molecule is O=C1CCOC2=C1Cc1cnccc1C2. The third-order valence-corrected chi connectivity index (χ3v) is 3.00. The summed E-state index contributed by atoms with van der Waals surface area (Å²) in [4.78, 5) is 15.8. The van der Waals surface area contributed by atoms with Crippen LogP contribution < -0.4 is 0 Å². The van der Waals surface area contributed by atoms with Gasteiger partial charge < -0.3 is 4.74 Å². The molecule has 2 heterocycles. The Morgan fingerprint density at radius 3 is 3.13 bits per heavy atom. The van der Waals surface area contributed by atoms with Crippen LogP contribution in [-0.4, -0.2) is 17.4 Å². The van der Waals surface area contributed by atoms with E-state index in [0.29, 0.717) is 19.4 Å². The van der Waals surface area contributed by atoms with E-state index in [4.69, 9.17) is 4.74 Å². The summed E-state index contributed by atoms with van der Waals surface area (Å²) in [5.74, 6) is 1.12. The fourth-order valence-electron chi connectivity index (χ4n) is 2.17. The molecular weight excluding hydrogens is 190 g/mol. The van der Waals surface area contributed by atoms with E-state index in [1.165, 1.54) is 5.56 Å². The number of nitrogens with zero attached hydrogens (tertiary/aromatic N) is 1. The van der Waals surface area contributed by atoms with E-state index in [1.54, 1.807) is 6.20 Å². The Morgan fingerprint density at radius 2 is 2.20 bits per heavy atom. The molecule has 0 unspecified atom stereocenters. The van der Waals surface area contributed by atoms with Gasteiger partial charge in [-0.3, -0.25) is 9.78 Å². The Kier molecular flexibility index (Phi) is 1.84. The molecule has 0 radical (unpaired) electrons. The molecule has 2 aliphatic rings. The fourth-order valence-corrected chi connectivity index (χ4v) is 2.17. The summed E-state index contributed by atoms with van der Waals surface area (Å²) in [7, 11) is 0. The van der Waals surface area contributed by atoms with Gasteiger partial charge in [-0.2, -0.15) is 0 Å². The Hall–Kier alpha value is -1.64. The van der Waals surface area contributed by atoms with Crippen LogP contribution in [0.5, 0.6) is 0 Å². The summed E-state index contributed by atoms with van der Waals surface area (Å²) in [6.45, 7) is 0.540. The molecule has 1 aliphatic carbocycles. The minimum Gasteiger partial charge on any atom is -0.497 e. The summed E-state index contributed by atoms with van der Waals surface area (Å²) >= 11 is 0. The molecule has 1 aliphatic heterocycles. The van der Waals surface area contributed by atoms with E-state index in [9.17, 15) is 4.79 Å². The van der Waals surface area contributed by atoms with Gasteiger partial charge in [0.25, 0.3) is 0 Å². The maximum absolute atomic E-state index is 11.7. The lowest BCUT2D eigenvalue weighted by atomic mass is 9.88. The number of allylic oxidation sites excluding steroid dienone is 2. The largest absolute Gasteiger partial charge is 0.497 e. The molecule has 0 saturated heterocycles. The van der Waals surface area contributed by atoms with Gasteiger partial charge in [-0.25, -0.2) is 0 Å². The van der Waals surface area contributed by atoms with E-state index in [1.807, 2.05) is 12.3 Å². The van der Waals surface area contributed by atoms with Crippen LogP contribution >= 0.6 is 0 Å². The molecule has 0 amide bonds. The van der Waals surface area contributed by atoms with E-state index in [-0.39, 0.29) is 5.78 Å². The minimum absolute atomic E-state index is 0.241. The second-order valence-corrected chi connectivity index (χ2v) is 3.92. The fraction of sp³-hybridized carbons (Fsp3) is 0.333. The zero-order valence-corrected chi connectivity index (χ0v) is 8.32. The highest BCUT2D eigenvalue weighted by atomic mass is 16.5. The molecule has 0 aromatic carbocycles. The Labute approximate surface area is 87.8 Å². The van der Waals surface area contributed by atoms with Gasteiger partial charge in [0.2, 0.25) is 0 Å². The Bertz CT molecular complexity index is 462. The van der Waals surface area contributed by atoms with Gasteiger partial charge in [-0.05, 0) is 17.2 Å². The number of hydrogen-bond acceptors (Lipinski definition) is 3. The molecule has 15 heavy (non-hydrogen) atoms. The van der Waals surface area contributed by atoms with Crippen molar-refractivity contribution in [2.75, 3.05) is 6.61 Å². The van der Waals surface area contributed by atoms with Crippen LogP contribution in [0.2, 0.25) is 0 Å². The van der Waals surface area contributed by atoms with Crippen LogP contribution in [0.15, 0.2) is 29.8 Å². The van der Waals surface area contributed by atoms with Crippen LogP contribution in [-0.2, 0) is 22.4 Å². The maximum atomic E-state index is 11.7. The summed E-state index contributed by atoms with van der Waals surface area (Å²) in [6.07, 6.45) is 5.60. The first-order chi connectivity index (χ1) is 7.34. The number of carbonyl (C=O) groups is 1. The predicted octanol–water partition coefficient (Wildman–Crippen LogP) is 1.42. The van der Waals surface area contributed by atoms with Gasteiger partial charge in [0.05, 0.1) is 6.61 Å². The van der Waals surface area contributed by atoms with Gasteiger partial charge in [0.15, 0.2) is 5.78 Å². The van der Waals surface area contributed by atoms with Crippen LogP contribution in [0.1, 0.15) is 17.5 Å². The highest BCUT2D eigenvalue weighted by molar-refractivity contribution is 5.97. The van der Waals surface area contributed by atoms with Gasteiger partial charge in [-0.1, -0.05) is 0 Å². The lowest BCUT2D eigenvalue weighted by Crippen LogP contribution is -2.23. The summed E-state index contributed by atoms with van der Waals surface area (Å²) < 4.78 is 5.55. The van der Waals surface area contributed by atoms with Crippen LogP contribution in [0, 0.1) is 0 Å². The first-order valence-corrected chi connectivity index (χ1v) is 5.14. The number of aromatic nitrogens is 1. The molecule has 3 rings (SSSR count). The summed E-state index contributed by atoms with van der Waals surface area (Å²) in [5.41, 5.74) is 3.26. The van der Waals surface area contributed by atoms with Crippen molar-refractivity contribution in [3.8, 4) is 0 Å². The number of Topliss-reactive ketones (excluding diaryl/α,β-unsaturated/α-hetero) is 1. The van der Waals surface area contributed by atoms with E-state index >= 15 is 0 Å². The number of rotatable bonds is 0. The standard InChI is InChI=1S/C12H11NO2/c14-11-2-4-15-12-6-8-1-3-13-7-9(8)5-10(11)12/h1,3,7H,2,4-6H2. The third-order valence-electron chi connectivity index (χ3n) is 3.00. The van der Waals surface area contributed by atoms with Crippen molar-refractivity contribution in [1.82, 2.24) is 4.98 Å². The van der Waals surface area contributed by atoms with Crippen molar-refractivity contribution >= 4 is 5.78 Å². The molecule has 0 N–H and O–H groups in total. The van der Waals surface area contributed by atoms with Crippen molar-refractivity contribution in [2.24, 2.45) is 0 Å². The van der Waals surface area contributed by atoms with Crippen LogP contribution in [0.25, 0.3) is 0 Å². The lowest BCUT2D eigenvalue weighted by molar-refractivity contribution is -0.118. The topological polar surface area (TPSA) is 39.2 Å². The minimum atomic E-state index is 0.241. The van der Waals surface area contributed by atoms with Crippen molar-refractivity contribution in [3.63, 3.8) is 0 Å². The molecule has 1 aromatic rings. The molecule has 0 saturated carbocycles. The van der Waals surface area contributed by atoms with E-state index < -0.39 is 0 Å². The monoisotopic (exact) mass is 201 g/mol. The molecular formula is C12H11NO2. The van der Waals surface area contributed by atoms with Gasteiger partial charge in [0, 0.05) is 37.2 Å². The van der Waals surface area contributed by atoms with Crippen LogP contribution in [0.3, 0.4) is 0 Å². The number of hydrogen-bond donors (Lipinski definition) is 0. The normalized spacial score (nSPS) is 19.3. The van der Waals surface area contributed by atoms with Crippen molar-refractivity contribution in [2.45, 2.75) is 19.3 Å². The average Bonchev–Trinajstić information content (AvgIpc) is 2.27. The molecule has 0 bridgehead atoms. The van der Waals surface area contributed by atoms with Crippen molar-refractivity contribution in [3.05, 3.63) is 40.9 Å². The van der Waals surface area contributed by atoms with Gasteiger partial charge in [0.1, 0.15) is 5.76 Å². The quantitative estimate of drug-likeness (QED) is 0.637. The molecule has 3 nitrogen and oxygen atoms in total. The summed E-state index contributed by atoms with van der Waals surface area (Å²) in [5, 5.41) is 0. The van der Waals surface area contributed by atoms with Gasteiger partial charge in [-0.15, -0.1) is 0 Å². The molecule has 0 fully saturated rings. The number of fused-ring (bicyclic) bond motifs is 1. The maximum Gasteiger partial charge on any atom is 0.165 e. The number of ketones is 1. The highest BCUT2D eigenvalue weighted by Gasteiger charge is 2.27. The zero-order valence-electron chi connectivity index (χ0n) is 8.32.